The van der Waals surface area contributed by atoms with Gasteiger partial charge in [-0.1, -0.05) is 12.2 Å². The quantitative estimate of drug-likeness (QED) is 0.556. The van der Waals surface area contributed by atoms with Crippen LogP contribution in [0.2, 0.25) is 0 Å². The highest BCUT2D eigenvalue weighted by molar-refractivity contribution is 7.71. The van der Waals surface area contributed by atoms with Gasteiger partial charge in [-0.3, -0.25) is 5.10 Å². The van der Waals surface area contributed by atoms with Crippen molar-refractivity contribution in [3.8, 4) is 0 Å². The summed E-state index contributed by atoms with van der Waals surface area (Å²) < 4.78 is 0.825. The number of aromatic amines is 1. The zero-order valence-electron chi connectivity index (χ0n) is 5.43. The molecule has 9 heavy (non-hydrogen) atoms. The molecular weight excluding hydrogens is 132 g/mol. The Morgan fingerprint density at radius 1 is 1.56 bits per heavy atom. The molecule has 3 heteroatoms. The van der Waals surface area contributed by atoms with E-state index in [1.54, 1.807) is 0 Å². The van der Waals surface area contributed by atoms with E-state index in [-0.39, 0.29) is 0 Å². The molecule has 0 aliphatic rings. The summed E-state index contributed by atoms with van der Waals surface area (Å²) in [5, 5.41) is 6.77. The smallest absolute Gasteiger partial charge is 0.0757 e. The Kier molecular flexibility index (Phi) is 1.62. The number of hydrogen-bond acceptors (Lipinski definition) is 2. The lowest BCUT2D eigenvalue weighted by Crippen LogP contribution is -1.88. The number of nitrogens with one attached hydrogen (secondary N) is 1. The lowest BCUT2D eigenvalue weighted by atomic mass is 10.4. The maximum atomic E-state index is 4.96. The van der Waals surface area contributed by atoms with E-state index in [0.29, 0.717) is 0 Å². The molecule has 2 nitrogen and oxygen atoms in total. The summed E-state index contributed by atoms with van der Waals surface area (Å²) >= 11 is 4.96. The molecule has 0 aromatic carbocycles. The Hall–Kier alpha value is -0.700. The molecule has 1 N–H and O–H groups in total. The van der Waals surface area contributed by atoms with Crippen LogP contribution in [-0.4, -0.2) is 10.2 Å². The third kappa shape index (κ3) is 1.36. The third-order valence-corrected chi connectivity index (χ3v) is 1.52. The Bertz CT molecular complexity index is 264. The highest BCUT2D eigenvalue weighted by Gasteiger charge is 1.87. The summed E-state index contributed by atoms with van der Waals surface area (Å²) in [4.78, 5) is 0. The second-order valence-corrected chi connectivity index (χ2v) is 2.44. The minimum atomic E-state index is 0.825. The van der Waals surface area contributed by atoms with Crippen LogP contribution < -0.4 is 0 Å². The summed E-state index contributed by atoms with van der Waals surface area (Å²) in [6.45, 7) is 3.82. The van der Waals surface area contributed by atoms with Crippen molar-refractivity contribution in [3.63, 3.8) is 0 Å². The van der Waals surface area contributed by atoms with Gasteiger partial charge in [-0.15, -0.1) is 0 Å². The molecule has 0 aliphatic carbocycles. The minimum absolute atomic E-state index is 0.825. The first kappa shape index (κ1) is 6.42. The zero-order chi connectivity index (χ0) is 6.85. The average Bonchev–Trinajstić information content (AvgIpc) is 1.80. The van der Waals surface area contributed by atoms with E-state index in [1.165, 1.54) is 0 Å². The van der Waals surface area contributed by atoms with Crippen molar-refractivity contribution in [1.82, 2.24) is 10.2 Å². The molecule has 0 fully saturated rings. The predicted octanol–water partition coefficient (Wildman–Crippen LogP) is 1.76. The van der Waals surface area contributed by atoms with E-state index < -0.39 is 0 Å². The molecule has 0 unspecified atom stereocenters. The number of aryl methyl sites for hydroxylation is 2. The van der Waals surface area contributed by atoms with Gasteiger partial charge in [0.05, 0.1) is 10.2 Å². The van der Waals surface area contributed by atoms with Crippen molar-refractivity contribution >= 4 is 12.2 Å². The van der Waals surface area contributed by atoms with Crippen LogP contribution in [0.15, 0.2) is 6.07 Å². The van der Waals surface area contributed by atoms with Crippen LogP contribution in [0, 0.1) is 18.4 Å². The Labute approximate surface area is 58.9 Å². The van der Waals surface area contributed by atoms with Crippen LogP contribution in [0.4, 0.5) is 0 Å². The van der Waals surface area contributed by atoms with Gasteiger partial charge in [0.15, 0.2) is 0 Å². The van der Waals surface area contributed by atoms with Gasteiger partial charge in [0.25, 0.3) is 0 Å². The molecule has 0 aliphatic heterocycles. The lowest BCUT2D eigenvalue weighted by Gasteiger charge is -1.92. The van der Waals surface area contributed by atoms with Crippen molar-refractivity contribution < 1.29 is 0 Å². The van der Waals surface area contributed by atoms with Crippen molar-refractivity contribution in [2.75, 3.05) is 0 Å². The molecule has 0 bridgehead atoms. The molecule has 1 aromatic heterocycles. The maximum absolute atomic E-state index is 4.96. The van der Waals surface area contributed by atoms with Crippen LogP contribution in [-0.2, 0) is 0 Å². The van der Waals surface area contributed by atoms with E-state index in [4.69, 9.17) is 12.2 Å². The van der Waals surface area contributed by atoms with Crippen LogP contribution in [0.3, 0.4) is 0 Å². The molecule has 0 radical (unpaired) electrons. The van der Waals surface area contributed by atoms with Gasteiger partial charge in [-0.05, 0) is 19.9 Å². The zero-order valence-corrected chi connectivity index (χ0v) is 6.25. The molecule has 1 rings (SSSR count). The van der Waals surface area contributed by atoms with Gasteiger partial charge in [0.2, 0.25) is 0 Å². The SMILES string of the molecule is Cc1cc(=S)c(C)n[nH]1. The average molecular weight is 140 g/mol. The fourth-order valence-electron chi connectivity index (χ4n) is 0.560. The Morgan fingerprint density at radius 2 is 2.22 bits per heavy atom. The highest BCUT2D eigenvalue weighted by Crippen LogP contribution is 1.96. The first-order chi connectivity index (χ1) is 4.20. The van der Waals surface area contributed by atoms with Gasteiger partial charge < -0.3 is 0 Å². The molecule has 0 saturated carbocycles. The summed E-state index contributed by atoms with van der Waals surface area (Å²) in [7, 11) is 0. The van der Waals surface area contributed by atoms with Crippen LogP contribution in [0.1, 0.15) is 11.4 Å². The van der Waals surface area contributed by atoms with Gasteiger partial charge in [0.1, 0.15) is 0 Å². The minimum Gasteiger partial charge on any atom is -0.283 e. The van der Waals surface area contributed by atoms with Crippen molar-refractivity contribution in [2.45, 2.75) is 13.8 Å². The Balaban J connectivity index is 3.34. The number of rotatable bonds is 0. The number of hydrogen-bond donors (Lipinski definition) is 1. The molecule has 1 aromatic rings. The lowest BCUT2D eigenvalue weighted by molar-refractivity contribution is 0.935. The second-order valence-electron chi connectivity index (χ2n) is 2.00. The monoisotopic (exact) mass is 140 g/mol. The topological polar surface area (TPSA) is 28.7 Å². The first-order valence-electron chi connectivity index (χ1n) is 2.73. The summed E-state index contributed by atoms with van der Waals surface area (Å²) in [6.07, 6.45) is 0. The number of nitrogens with zero attached hydrogens (tertiary/aromatic N) is 1. The van der Waals surface area contributed by atoms with E-state index in [1.807, 2.05) is 19.9 Å². The van der Waals surface area contributed by atoms with E-state index in [0.717, 1.165) is 15.9 Å². The molecule has 48 valence electrons. The molecular formula is C6H8N2S. The summed E-state index contributed by atoms with van der Waals surface area (Å²) in [6, 6.07) is 1.90. The predicted molar refractivity (Wildman–Crippen MR) is 38.9 cm³/mol. The maximum Gasteiger partial charge on any atom is 0.0757 e. The molecule has 0 amide bonds. The van der Waals surface area contributed by atoms with Gasteiger partial charge >= 0.3 is 0 Å². The third-order valence-electron chi connectivity index (χ3n) is 1.10. The van der Waals surface area contributed by atoms with Gasteiger partial charge in [-0.25, -0.2) is 0 Å². The molecule has 0 atom stereocenters. The van der Waals surface area contributed by atoms with Gasteiger partial charge in [-0.2, -0.15) is 5.10 Å². The van der Waals surface area contributed by atoms with Crippen molar-refractivity contribution in [1.29, 1.82) is 0 Å². The largest absolute Gasteiger partial charge is 0.283 e. The standard InChI is InChI=1S/C6H8N2S/c1-4-3-6(9)5(2)8-7-4/h3H,1-2H3,(H,7,9). The number of H-pyrrole nitrogens is 1. The number of aromatic nitrogens is 2. The Morgan fingerprint density at radius 3 is 2.67 bits per heavy atom. The second kappa shape index (κ2) is 2.27. The van der Waals surface area contributed by atoms with Crippen molar-refractivity contribution in [2.24, 2.45) is 0 Å². The van der Waals surface area contributed by atoms with Crippen LogP contribution in [0.25, 0.3) is 0 Å². The van der Waals surface area contributed by atoms with Gasteiger partial charge in [0, 0.05) is 5.69 Å². The molecule has 0 saturated heterocycles. The fraction of sp³-hybridized carbons (Fsp3) is 0.333. The van der Waals surface area contributed by atoms with Crippen molar-refractivity contribution in [3.05, 3.63) is 22.0 Å². The summed E-state index contributed by atoms with van der Waals surface area (Å²) in [5.41, 5.74) is 1.89. The first-order valence-corrected chi connectivity index (χ1v) is 3.14. The van der Waals surface area contributed by atoms with E-state index in [2.05, 4.69) is 10.2 Å². The fourth-order valence-corrected chi connectivity index (χ4v) is 0.783. The van der Waals surface area contributed by atoms with E-state index >= 15 is 0 Å². The van der Waals surface area contributed by atoms with Crippen LogP contribution >= 0.6 is 12.2 Å². The molecule has 0 spiro atoms. The highest BCUT2D eigenvalue weighted by atomic mass is 32.1. The normalized spacial score (nSPS) is 9.56. The summed E-state index contributed by atoms with van der Waals surface area (Å²) in [5.74, 6) is 0. The van der Waals surface area contributed by atoms with E-state index in [9.17, 15) is 0 Å². The van der Waals surface area contributed by atoms with Crippen LogP contribution in [0.5, 0.6) is 0 Å². The molecule has 1 heterocycles.